The van der Waals surface area contributed by atoms with Gasteiger partial charge < -0.3 is 14.7 Å². The second kappa shape index (κ2) is 6.40. The SMILES string of the molecule is COC(=O)c1c2cccnc2nn1-c1cccc(C#CC2(O)C(=O)N(C)C3CC32)c1. The molecule has 1 saturated heterocycles. The fourth-order valence-corrected chi connectivity index (χ4v) is 4.07. The number of aromatic nitrogens is 3. The lowest BCUT2D eigenvalue weighted by Gasteiger charge is -2.18. The maximum Gasteiger partial charge on any atom is 0.357 e. The van der Waals surface area contributed by atoms with Crippen LogP contribution in [0.4, 0.5) is 0 Å². The number of amides is 1. The highest BCUT2D eigenvalue weighted by Crippen LogP contribution is 2.50. The van der Waals surface area contributed by atoms with E-state index in [0.29, 0.717) is 22.3 Å². The fraction of sp³-hybridized carbons (Fsp3) is 0.273. The molecule has 150 valence electrons. The lowest BCUT2D eigenvalue weighted by molar-refractivity contribution is -0.140. The van der Waals surface area contributed by atoms with Gasteiger partial charge in [0.1, 0.15) is 0 Å². The zero-order chi connectivity index (χ0) is 21.0. The van der Waals surface area contributed by atoms with Gasteiger partial charge in [0.05, 0.1) is 18.2 Å². The van der Waals surface area contributed by atoms with Crippen molar-refractivity contribution in [3.8, 4) is 17.5 Å². The van der Waals surface area contributed by atoms with Crippen molar-refractivity contribution in [2.75, 3.05) is 14.2 Å². The van der Waals surface area contributed by atoms with E-state index in [-0.39, 0.29) is 23.6 Å². The topological polar surface area (TPSA) is 97.5 Å². The van der Waals surface area contributed by atoms with Crippen molar-refractivity contribution in [2.24, 2.45) is 5.92 Å². The van der Waals surface area contributed by atoms with Gasteiger partial charge in [-0.2, -0.15) is 0 Å². The first-order valence-corrected chi connectivity index (χ1v) is 9.49. The van der Waals surface area contributed by atoms with Crippen LogP contribution < -0.4 is 0 Å². The molecule has 3 heterocycles. The van der Waals surface area contributed by atoms with E-state index in [1.54, 1.807) is 54.5 Å². The third-order valence-corrected chi connectivity index (χ3v) is 5.75. The number of likely N-dealkylation sites (tertiary alicyclic amines) is 1. The Hall–Kier alpha value is -3.70. The van der Waals surface area contributed by atoms with Crippen LogP contribution in [0.1, 0.15) is 22.5 Å². The van der Waals surface area contributed by atoms with Gasteiger partial charge in [-0.1, -0.05) is 17.9 Å². The number of fused-ring (bicyclic) bond motifs is 2. The van der Waals surface area contributed by atoms with Crippen LogP contribution in [0.15, 0.2) is 42.6 Å². The summed E-state index contributed by atoms with van der Waals surface area (Å²) in [6.07, 6.45) is 2.37. The first kappa shape index (κ1) is 18.3. The molecule has 2 aliphatic rings. The largest absolute Gasteiger partial charge is 0.464 e. The number of hydrogen-bond donors (Lipinski definition) is 1. The van der Waals surface area contributed by atoms with Gasteiger partial charge in [0, 0.05) is 30.8 Å². The maximum atomic E-state index is 12.4. The predicted molar refractivity (Wildman–Crippen MR) is 107 cm³/mol. The number of ether oxygens (including phenoxy) is 1. The minimum absolute atomic E-state index is 0.0785. The van der Waals surface area contributed by atoms with Gasteiger partial charge in [-0.25, -0.2) is 14.5 Å². The van der Waals surface area contributed by atoms with E-state index in [1.807, 2.05) is 0 Å². The molecule has 0 bridgehead atoms. The average Bonchev–Trinajstić information content (AvgIpc) is 3.45. The van der Waals surface area contributed by atoms with Crippen LogP contribution in [0.3, 0.4) is 0 Å². The van der Waals surface area contributed by atoms with Crippen molar-refractivity contribution in [3.63, 3.8) is 0 Å². The molecule has 1 N–H and O–H groups in total. The van der Waals surface area contributed by atoms with E-state index in [0.717, 1.165) is 6.42 Å². The van der Waals surface area contributed by atoms with Crippen molar-refractivity contribution in [1.29, 1.82) is 0 Å². The number of carbonyl (C=O) groups is 2. The Balaban J connectivity index is 1.56. The number of likely N-dealkylation sites (N-methyl/N-ethyl adjacent to an activating group) is 1. The molecular weight excluding hydrogens is 384 g/mol. The number of nitrogens with zero attached hydrogens (tertiary/aromatic N) is 4. The third-order valence-electron chi connectivity index (χ3n) is 5.75. The molecule has 3 aromatic rings. The monoisotopic (exact) mass is 402 g/mol. The average molecular weight is 402 g/mol. The molecule has 8 nitrogen and oxygen atoms in total. The molecule has 1 aliphatic heterocycles. The standard InChI is InChI=1S/C22H18N4O4/c1-25-17-12-16(17)22(29,21(25)28)9-8-13-5-3-6-14(11-13)26-18(20(27)30-2)15-7-4-10-23-19(15)24-26/h3-7,10-11,16-17,29H,12H2,1-2H3. The van der Waals surface area contributed by atoms with Crippen LogP contribution in [0.2, 0.25) is 0 Å². The molecule has 2 fully saturated rings. The van der Waals surface area contributed by atoms with E-state index in [1.165, 1.54) is 11.8 Å². The van der Waals surface area contributed by atoms with Gasteiger partial charge in [0.2, 0.25) is 5.60 Å². The second-order valence-corrected chi connectivity index (χ2v) is 7.52. The zero-order valence-corrected chi connectivity index (χ0v) is 16.4. The minimum Gasteiger partial charge on any atom is -0.464 e. The summed E-state index contributed by atoms with van der Waals surface area (Å²) in [5.41, 5.74) is 0.215. The number of methoxy groups -OCH3 is 1. The Morgan fingerprint density at radius 3 is 2.90 bits per heavy atom. The van der Waals surface area contributed by atoms with Crippen LogP contribution in [-0.2, 0) is 9.53 Å². The van der Waals surface area contributed by atoms with Gasteiger partial charge in [-0.05, 0) is 36.8 Å². The number of aliphatic hydroxyl groups is 1. The fourth-order valence-electron chi connectivity index (χ4n) is 4.07. The predicted octanol–water partition coefficient (Wildman–Crippen LogP) is 1.15. The first-order valence-electron chi connectivity index (χ1n) is 9.49. The highest BCUT2D eigenvalue weighted by molar-refractivity contribution is 6.01. The molecule has 5 rings (SSSR count). The number of esters is 1. The third kappa shape index (κ3) is 2.60. The van der Waals surface area contributed by atoms with Crippen LogP contribution >= 0.6 is 0 Å². The van der Waals surface area contributed by atoms with E-state index in [9.17, 15) is 14.7 Å². The molecule has 1 amide bonds. The van der Waals surface area contributed by atoms with Crippen molar-refractivity contribution in [3.05, 3.63) is 53.9 Å². The van der Waals surface area contributed by atoms with Gasteiger partial charge in [-0.15, -0.1) is 5.10 Å². The van der Waals surface area contributed by atoms with Crippen molar-refractivity contribution in [1.82, 2.24) is 19.7 Å². The number of carbonyl (C=O) groups excluding carboxylic acids is 2. The Bertz CT molecular complexity index is 1270. The molecule has 0 radical (unpaired) electrons. The molecule has 3 unspecified atom stereocenters. The summed E-state index contributed by atoms with van der Waals surface area (Å²) in [6.45, 7) is 0. The molecule has 8 heteroatoms. The molecule has 30 heavy (non-hydrogen) atoms. The molecule has 1 aromatic carbocycles. The van der Waals surface area contributed by atoms with Crippen LogP contribution in [0.5, 0.6) is 0 Å². The smallest absolute Gasteiger partial charge is 0.357 e. The van der Waals surface area contributed by atoms with Gasteiger partial charge in [0.15, 0.2) is 11.3 Å². The van der Waals surface area contributed by atoms with Gasteiger partial charge >= 0.3 is 5.97 Å². The van der Waals surface area contributed by atoms with E-state index in [2.05, 4.69) is 21.9 Å². The molecule has 3 atom stereocenters. The molecular formula is C22H18N4O4. The lowest BCUT2D eigenvalue weighted by atomic mass is 9.99. The number of benzene rings is 1. The Morgan fingerprint density at radius 1 is 1.33 bits per heavy atom. The minimum atomic E-state index is -1.64. The van der Waals surface area contributed by atoms with Crippen molar-refractivity contribution >= 4 is 22.9 Å². The van der Waals surface area contributed by atoms with Crippen LogP contribution in [0.25, 0.3) is 16.7 Å². The Labute approximate surface area is 172 Å². The highest BCUT2D eigenvalue weighted by atomic mass is 16.5. The van der Waals surface area contributed by atoms with E-state index >= 15 is 0 Å². The molecule has 0 spiro atoms. The van der Waals surface area contributed by atoms with E-state index in [4.69, 9.17) is 4.74 Å². The number of piperidine rings is 1. The van der Waals surface area contributed by atoms with E-state index < -0.39 is 11.6 Å². The summed E-state index contributed by atoms with van der Waals surface area (Å²) in [7, 11) is 3.00. The summed E-state index contributed by atoms with van der Waals surface area (Å²) in [4.78, 5) is 30.5. The molecule has 2 aromatic heterocycles. The normalized spacial score (nSPS) is 24.4. The van der Waals surface area contributed by atoms with Gasteiger partial charge in [0.25, 0.3) is 5.91 Å². The quantitative estimate of drug-likeness (QED) is 0.510. The Morgan fingerprint density at radius 2 is 2.17 bits per heavy atom. The Kier molecular flexibility index (Phi) is 3.91. The van der Waals surface area contributed by atoms with Gasteiger partial charge in [-0.3, -0.25) is 4.79 Å². The zero-order valence-electron chi connectivity index (χ0n) is 16.4. The molecule has 1 aliphatic carbocycles. The number of rotatable bonds is 2. The summed E-state index contributed by atoms with van der Waals surface area (Å²) in [5.74, 6) is 4.67. The van der Waals surface area contributed by atoms with Crippen molar-refractivity contribution < 1.29 is 19.4 Å². The molecule has 1 saturated carbocycles. The first-order chi connectivity index (χ1) is 14.4. The lowest BCUT2D eigenvalue weighted by Crippen LogP contribution is -2.41. The number of hydrogen-bond acceptors (Lipinski definition) is 6. The summed E-state index contributed by atoms with van der Waals surface area (Å²) >= 11 is 0. The second-order valence-electron chi connectivity index (χ2n) is 7.52. The maximum absolute atomic E-state index is 12.4. The summed E-state index contributed by atoms with van der Waals surface area (Å²) in [6, 6.07) is 10.6. The summed E-state index contributed by atoms with van der Waals surface area (Å²) < 4.78 is 6.40. The number of pyridine rings is 1. The highest BCUT2D eigenvalue weighted by Gasteiger charge is 2.66. The van der Waals surface area contributed by atoms with Crippen LogP contribution in [0, 0.1) is 17.8 Å². The summed E-state index contributed by atoms with van der Waals surface area (Å²) in [5, 5.41) is 15.8. The van der Waals surface area contributed by atoms with Crippen LogP contribution in [-0.4, -0.2) is 62.4 Å². The van der Waals surface area contributed by atoms with Crippen molar-refractivity contribution in [2.45, 2.75) is 18.1 Å².